The maximum absolute atomic E-state index is 11.6. The van der Waals surface area contributed by atoms with Crippen LogP contribution in [0.2, 0.25) is 5.02 Å². The fraction of sp³-hybridized carbons (Fsp3) is 0.471. The molecule has 0 saturated carbocycles. The molecule has 3 rings (SSSR count). The SMILES string of the molecule is CCNC(=NCCc1nc(-c2cccc(Cl)c2)no1)NC1CCS(=O)(=O)C1. The van der Waals surface area contributed by atoms with Gasteiger partial charge in [-0.25, -0.2) is 8.42 Å². The van der Waals surface area contributed by atoms with Gasteiger partial charge in [0.1, 0.15) is 0 Å². The number of nitrogens with zero attached hydrogens (tertiary/aromatic N) is 3. The van der Waals surface area contributed by atoms with E-state index in [9.17, 15) is 8.42 Å². The standard InChI is InChI=1S/C17H22ClN5O3S/c1-2-19-17(21-14-7-9-27(24,25)11-14)20-8-6-15-22-16(23-26-15)12-4-3-5-13(18)10-12/h3-5,10,14H,2,6-9,11H2,1H3,(H2,19,20,21). The summed E-state index contributed by atoms with van der Waals surface area (Å²) in [4.78, 5) is 8.83. The first-order valence-corrected chi connectivity index (χ1v) is 11.0. The molecule has 1 atom stereocenters. The van der Waals surface area contributed by atoms with Crippen LogP contribution in [0.15, 0.2) is 33.8 Å². The van der Waals surface area contributed by atoms with Crippen LogP contribution in [-0.2, 0) is 16.3 Å². The van der Waals surface area contributed by atoms with Gasteiger partial charge in [-0.15, -0.1) is 0 Å². The predicted molar refractivity (Wildman–Crippen MR) is 105 cm³/mol. The smallest absolute Gasteiger partial charge is 0.228 e. The zero-order chi connectivity index (χ0) is 19.3. The summed E-state index contributed by atoms with van der Waals surface area (Å²) in [5.74, 6) is 1.92. The molecular weight excluding hydrogens is 390 g/mol. The van der Waals surface area contributed by atoms with E-state index in [2.05, 4.69) is 25.8 Å². The second-order valence-corrected chi connectivity index (χ2v) is 8.94. The lowest BCUT2D eigenvalue weighted by atomic mass is 10.2. The summed E-state index contributed by atoms with van der Waals surface area (Å²) in [5.41, 5.74) is 0.790. The molecule has 27 heavy (non-hydrogen) atoms. The largest absolute Gasteiger partial charge is 0.357 e. The fourth-order valence-corrected chi connectivity index (χ4v) is 4.65. The number of hydrogen-bond acceptors (Lipinski definition) is 6. The highest BCUT2D eigenvalue weighted by Gasteiger charge is 2.28. The molecule has 2 aromatic rings. The number of aliphatic imine (C=N–C) groups is 1. The summed E-state index contributed by atoms with van der Waals surface area (Å²) >= 11 is 5.98. The molecule has 0 amide bonds. The third-order valence-corrected chi connectivity index (χ3v) is 6.07. The molecule has 2 N–H and O–H groups in total. The van der Waals surface area contributed by atoms with E-state index in [1.807, 2.05) is 19.1 Å². The second kappa shape index (κ2) is 8.71. The predicted octanol–water partition coefficient (Wildman–Crippen LogP) is 1.67. The lowest BCUT2D eigenvalue weighted by molar-refractivity contribution is 0.380. The van der Waals surface area contributed by atoms with Gasteiger partial charge in [0.2, 0.25) is 11.7 Å². The van der Waals surface area contributed by atoms with Crippen molar-refractivity contribution in [2.45, 2.75) is 25.8 Å². The molecule has 0 spiro atoms. The van der Waals surface area contributed by atoms with Crippen molar-refractivity contribution in [3.8, 4) is 11.4 Å². The van der Waals surface area contributed by atoms with Gasteiger partial charge in [0.05, 0.1) is 18.1 Å². The molecule has 1 aromatic heterocycles. The van der Waals surface area contributed by atoms with E-state index in [0.29, 0.717) is 48.6 Å². The topological polar surface area (TPSA) is 109 Å². The van der Waals surface area contributed by atoms with Crippen molar-refractivity contribution in [2.24, 2.45) is 4.99 Å². The van der Waals surface area contributed by atoms with E-state index in [-0.39, 0.29) is 17.5 Å². The van der Waals surface area contributed by atoms with Crippen LogP contribution in [0.25, 0.3) is 11.4 Å². The first kappa shape index (κ1) is 19.6. The molecule has 10 heteroatoms. The lowest BCUT2D eigenvalue weighted by Gasteiger charge is -2.15. The number of rotatable bonds is 6. The molecule has 146 valence electrons. The van der Waals surface area contributed by atoms with Crippen molar-refractivity contribution in [1.82, 2.24) is 20.8 Å². The van der Waals surface area contributed by atoms with Crippen molar-refractivity contribution in [3.63, 3.8) is 0 Å². The van der Waals surface area contributed by atoms with E-state index in [4.69, 9.17) is 16.1 Å². The minimum absolute atomic E-state index is 0.106. The zero-order valence-electron chi connectivity index (χ0n) is 15.0. The summed E-state index contributed by atoms with van der Waals surface area (Å²) in [6.07, 6.45) is 1.08. The first-order valence-electron chi connectivity index (χ1n) is 8.79. The molecule has 8 nitrogen and oxygen atoms in total. The number of nitrogens with one attached hydrogen (secondary N) is 2. The highest BCUT2D eigenvalue weighted by molar-refractivity contribution is 7.91. The van der Waals surface area contributed by atoms with Gasteiger partial charge >= 0.3 is 0 Å². The van der Waals surface area contributed by atoms with Gasteiger partial charge in [-0.05, 0) is 25.5 Å². The molecule has 1 aromatic carbocycles. The number of halogens is 1. The quantitative estimate of drug-likeness (QED) is 0.549. The number of hydrogen-bond donors (Lipinski definition) is 2. The van der Waals surface area contributed by atoms with Crippen LogP contribution < -0.4 is 10.6 Å². The van der Waals surface area contributed by atoms with Crippen molar-refractivity contribution in [2.75, 3.05) is 24.6 Å². The van der Waals surface area contributed by atoms with Crippen molar-refractivity contribution in [3.05, 3.63) is 35.2 Å². The second-order valence-electron chi connectivity index (χ2n) is 6.28. The van der Waals surface area contributed by atoms with Gasteiger partial charge in [0, 0.05) is 29.6 Å². The molecule has 1 unspecified atom stereocenters. The van der Waals surface area contributed by atoms with Crippen LogP contribution in [0.1, 0.15) is 19.2 Å². The van der Waals surface area contributed by atoms with E-state index in [1.165, 1.54) is 0 Å². The zero-order valence-corrected chi connectivity index (χ0v) is 16.6. The minimum atomic E-state index is -2.93. The third-order valence-electron chi connectivity index (χ3n) is 4.06. The molecule has 0 bridgehead atoms. The van der Waals surface area contributed by atoms with Crippen LogP contribution in [0.4, 0.5) is 0 Å². The lowest BCUT2D eigenvalue weighted by Crippen LogP contribution is -2.44. The van der Waals surface area contributed by atoms with Crippen LogP contribution >= 0.6 is 11.6 Å². The summed E-state index contributed by atoms with van der Waals surface area (Å²) in [6.45, 7) is 3.08. The van der Waals surface area contributed by atoms with Crippen LogP contribution in [0.3, 0.4) is 0 Å². The number of guanidine groups is 1. The molecular formula is C17H22ClN5O3S. The average Bonchev–Trinajstić information content (AvgIpc) is 3.21. The Balaban J connectivity index is 1.57. The Kier molecular flexibility index (Phi) is 6.33. The Morgan fingerprint density at radius 1 is 1.44 bits per heavy atom. The Morgan fingerprint density at radius 3 is 3.00 bits per heavy atom. The van der Waals surface area contributed by atoms with Gasteiger partial charge in [-0.3, -0.25) is 4.99 Å². The van der Waals surface area contributed by atoms with Crippen molar-refractivity contribution < 1.29 is 12.9 Å². The van der Waals surface area contributed by atoms with Gasteiger partial charge in [0.15, 0.2) is 15.8 Å². The third kappa shape index (κ3) is 5.67. The summed E-state index contributed by atoms with van der Waals surface area (Å²) in [7, 11) is -2.93. The number of benzene rings is 1. The van der Waals surface area contributed by atoms with E-state index < -0.39 is 9.84 Å². The molecule has 1 aliphatic heterocycles. The molecule has 1 aliphatic rings. The van der Waals surface area contributed by atoms with E-state index in [1.54, 1.807) is 12.1 Å². The average molecular weight is 412 g/mol. The summed E-state index contributed by atoms with van der Waals surface area (Å²) in [6, 6.07) is 7.14. The molecule has 2 heterocycles. The molecule has 1 fully saturated rings. The Bertz CT molecular complexity index is 913. The van der Waals surface area contributed by atoms with Crippen LogP contribution in [-0.4, -0.2) is 55.2 Å². The Labute approximate surface area is 163 Å². The maximum atomic E-state index is 11.6. The first-order chi connectivity index (χ1) is 12.9. The Hall–Kier alpha value is -2.13. The molecule has 1 saturated heterocycles. The number of aromatic nitrogens is 2. The highest BCUT2D eigenvalue weighted by atomic mass is 35.5. The van der Waals surface area contributed by atoms with Gasteiger partial charge < -0.3 is 15.2 Å². The van der Waals surface area contributed by atoms with Crippen LogP contribution in [0, 0.1) is 0 Å². The van der Waals surface area contributed by atoms with Gasteiger partial charge in [0.25, 0.3) is 0 Å². The van der Waals surface area contributed by atoms with Gasteiger partial charge in [-0.1, -0.05) is 28.9 Å². The highest BCUT2D eigenvalue weighted by Crippen LogP contribution is 2.20. The summed E-state index contributed by atoms with van der Waals surface area (Å²) in [5, 5.41) is 10.9. The summed E-state index contributed by atoms with van der Waals surface area (Å²) < 4.78 is 28.4. The van der Waals surface area contributed by atoms with Crippen molar-refractivity contribution in [1.29, 1.82) is 0 Å². The van der Waals surface area contributed by atoms with Crippen LogP contribution in [0.5, 0.6) is 0 Å². The number of sulfone groups is 1. The fourth-order valence-electron chi connectivity index (χ4n) is 2.79. The monoisotopic (exact) mass is 411 g/mol. The maximum Gasteiger partial charge on any atom is 0.228 e. The normalized spacial score (nSPS) is 19.2. The van der Waals surface area contributed by atoms with E-state index >= 15 is 0 Å². The Morgan fingerprint density at radius 2 is 2.30 bits per heavy atom. The van der Waals surface area contributed by atoms with Crippen molar-refractivity contribution >= 4 is 27.4 Å². The minimum Gasteiger partial charge on any atom is -0.357 e. The molecule has 0 aliphatic carbocycles. The van der Waals surface area contributed by atoms with Gasteiger partial charge in [-0.2, -0.15) is 4.98 Å². The van der Waals surface area contributed by atoms with E-state index in [0.717, 1.165) is 5.56 Å². The molecule has 0 radical (unpaired) electrons.